The number of carbonyl (C=O) groups is 2. The Balaban J connectivity index is 2.23. The Morgan fingerprint density at radius 3 is 1.82 bits per heavy atom. The van der Waals surface area contributed by atoms with Gasteiger partial charge in [0.25, 0.3) is 0 Å². The van der Waals surface area contributed by atoms with Crippen molar-refractivity contribution in [2.24, 2.45) is 0 Å². The van der Waals surface area contributed by atoms with E-state index in [0.717, 1.165) is 11.1 Å². The van der Waals surface area contributed by atoms with Crippen molar-refractivity contribution in [2.45, 2.75) is 39.5 Å². The number of hydrogen-bond donors (Lipinski definition) is 2. The van der Waals surface area contributed by atoms with Crippen LogP contribution in [-0.4, -0.2) is 26.0 Å². The highest BCUT2D eigenvalue weighted by molar-refractivity contribution is 6.43. The van der Waals surface area contributed by atoms with Gasteiger partial charge in [0.15, 0.2) is 11.5 Å². The smallest absolute Gasteiger partial charge is 0.314 e. The molecule has 0 aliphatic carbocycles. The SMILES string of the molecule is COc1ccc(NC(=O)C(=O)Nc2c(C(C)C)cccc2C(C)C)cc1OC. The van der Waals surface area contributed by atoms with Crippen molar-refractivity contribution >= 4 is 23.2 Å². The molecule has 0 saturated carbocycles. The molecule has 2 amide bonds. The van der Waals surface area contributed by atoms with Crippen molar-refractivity contribution < 1.29 is 19.1 Å². The van der Waals surface area contributed by atoms with Crippen molar-refractivity contribution in [3.8, 4) is 11.5 Å². The van der Waals surface area contributed by atoms with E-state index in [1.807, 2.05) is 18.2 Å². The quantitative estimate of drug-likeness (QED) is 0.718. The van der Waals surface area contributed by atoms with Crippen molar-refractivity contribution in [1.82, 2.24) is 0 Å². The summed E-state index contributed by atoms with van der Waals surface area (Å²) in [6.07, 6.45) is 0. The molecule has 0 radical (unpaired) electrons. The van der Waals surface area contributed by atoms with Crippen LogP contribution in [-0.2, 0) is 9.59 Å². The number of rotatable bonds is 6. The molecule has 6 nitrogen and oxygen atoms in total. The van der Waals surface area contributed by atoms with Gasteiger partial charge in [-0.1, -0.05) is 45.9 Å². The first kappa shape index (κ1) is 21.3. The van der Waals surface area contributed by atoms with E-state index in [1.165, 1.54) is 14.2 Å². The van der Waals surface area contributed by atoms with Crippen LogP contribution in [0.15, 0.2) is 36.4 Å². The van der Waals surface area contributed by atoms with Crippen LogP contribution >= 0.6 is 0 Å². The lowest BCUT2D eigenvalue weighted by atomic mass is 9.92. The number of amides is 2. The summed E-state index contributed by atoms with van der Waals surface area (Å²) in [4.78, 5) is 25.0. The molecule has 0 bridgehead atoms. The molecule has 0 atom stereocenters. The van der Waals surface area contributed by atoms with Gasteiger partial charge in [-0.05, 0) is 35.1 Å². The largest absolute Gasteiger partial charge is 0.493 e. The van der Waals surface area contributed by atoms with Gasteiger partial charge in [0, 0.05) is 17.4 Å². The summed E-state index contributed by atoms with van der Waals surface area (Å²) in [5.74, 6) is -0.0403. The topological polar surface area (TPSA) is 76.7 Å². The Hall–Kier alpha value is -3.02. The molecule has 2 rings (SSSR count). The molecular formula is C22H28N2O4. The number of hydrogen-bond acceptors (Lipinski definition) is 4. The van der Waals surface area contributed by atoms with Gasteiger partial charge in [0.1, 0.15) is 0 Å². The van der Waals surface area contributed by atoms with E-state index in [2.05, 4.69) is 38.3 Å². The minimum absolute atomic E-state index is 0.211. The third-order valence-electron chi connectivity index (χ3n) is 4.46. The summed E-state index contributed by atoms with van der Waals surface area (Å²) < 4.78 is 10.4. The predicted octanol–water partition coefficient (Wildman–Crippen LogP) is 4.53. The fourth-order valence-corrected chi connectivity index (χ4v) is 2.97. The summed E-state index contributed by atoms with van der Waals surface area (Å²) in [6.45, 7) is 8.22. The van der Waals surface area contributed by atoms with Gasteiger partial charge in [-0.2, -0.15) is 0 Å². The normalized spacial score (nSPS) is 10.7. The average Bonchev–Trinajstić information content (AvgIpc) is 2.67. The second kappa shape index (κ2) is 9.26. The molecule has 6 heteroatoms. The Kier molecular flexibility index (Phi) is 7.04. The Labute approximate surface area is 166 Å². The van der Waals surface area contributed by atoms with Gasteiger partial charge in [-0.3, -0.25) is 9.59 Å². The summed E-state index contributed by atoms with van der Waals surface area (Å²) in [5.41, 5.74) is 3.15. The van der Waals surface area contributed by atoms with E-state index in [0.29, 0.717) is 22.9 Å². The van der Waals surface area contributed by atoms with Gasteiger partial charge in [0.05, 0.1) is 14.2 Å². The predicted molar refractivity (Wildman–Crippen MR) is 111 cm³/mol. The lowest BCUT2D eigenvalue weighted by molar-refractivity contribution is -0.133. The molecular weight excluding hydrogens is 356 g/mol. The third kappa shape index (κ3) is 4.82. The molecule has 0 saturated heterocycles. The highest BCUT2D eigenvalue weighted by Crippen LogP contribution is 2.33. The number of anilines is 2. The fourth-order valence-electron chi connectivity index (χ4n) is 2.97. The molecule has 0 heterocycles. The van der Waals surface area contributed by atoms with Crippen LogP contribution < -0.4 is 20.1 Å². The summed E-state index contributed by atoms with van der Waals surface area (Å²) in [7, 11) is 3.04. The Morgan fingerprint density at radius 1 is 0.786 bits per heavy atom. The fraction of sp³-hybridized carbons (Fsp3) is 0.364. The maximum Gasteiger partial charge on any atom is 0.314 e. The molecule has 0 aliphatic heterocycles. The van der Waals surface area contributed by atoms with Crippen LogP contribution in [0.5, 0.6) is 11.5 Å². The van der Waals surface area contributed by atoms with Crippen molar-refractivity contribution in [1.29, 1.82) is 0 Å². The second-order valence-corrected chi connectivity index (χ2v) is 7.10. The maximum absolute atomic E-state index is 12.6. The number of nitrogens with one attached hydrogen (secondary N) is 2. The number of ether oxygens (including phenoxy) is 2. The van der Waals surface area contributed by atoms with Crippen molar-refractivity contribution in [3.63, 3.8) is 0 Å². The van der Waals surface area contributed by atoms with Crippen LogP contribution in [0.2, 0.25) is 0 Å². The molecule has 0 spiro atoms. The standard InChI is InChI=1S/C22H28N2O4/c1-13(2)16-8-7-9-17(14(3)4)20(16)24-22(26)21(25)23-15-10-11-18(27-5)19(12-15)28-6/h7-14H,1-6H3,(H,23,25)(H,24,26). The summed E-state index contributed by atoms with van der Waals surface area (Å²) in [5, 5.41) is 5.40. The van der Waals surface area contributed by atoms with Gasteiger partial charge in [0.2, 0.25) is 0 Å². The van der Waals surface area contributed by atoms with Gasteiger partial charge in [-0.15, -0.1) is 0 Å². The van der Waals surface area contributed by atoms with Crippen molar-refractivity contribution in [3.05, 3.63) is 47.5 Å². The monoisotopic (exact) mass is 384 g/mol. The first-order valence-corrected chi connectivity index (χ1v) is 9.25. The molecule has 150 valence electrons. The van der Waals surface area contributed by atoms with Crippen LogP contribution in [0, 0.1) is 0 Å². The number of carbonyl (C=O) groups excluding carboxylic acids is 2. The molecule has 2 N–H and O–H groups in total. The van der Waals surface area contributed by atoms with Gasteiger partial charge in [-0.25, -0.2) is 0 Å². The van der Waals surface area contributed by atoms with Crippen molar-refractivity contribution in [2.75, 3.05) is 24.9 Å². The minimum atomic E-state index is -0.750. The number of methoxy groups -OCH3 is 2. The highest BCUT2D eigenvalue weighted by Gasteiger charge is 2.20. The first-order chi connectivity index (χ1) is 13.3. The second-order valence-electron chi connectivity index (χ2n) is 7.10. The van der Waals surface area contributed by atoms with Crippen LogP contribution in [0.25, 0.3) is 0 Å². The van der Waals surface area contributed by atoms with E-state index in [4.69, 9.17) is 9.47 Å². The Bertz CT molecular complexity index is 833. The third-order valence-corrected chi connectivity index (χ3v) is 4.46. The highest BCUT2D eigenvalue weighted by atomic mass is 16.5. The molecule has 0 fully saturated rings. The maximum atomic E-state index is 12.6. The first-order valence-electron chi connectivity index (χ1n) is 9.25. The van der Waals surface area contributed by atoms with Crippen LogP contribution in [0.4, 0.5) is 11.4 Å². The molecule has 0 unspecified atom stereocenters. The van der Waals surface area contributed by atoms with E-state index in [1.54, 1.807) is 18.2 Å². The van der Waals surface area contributed by atoms with Gasteiger partial charge >= 0.3 is 11.8 Å². The zero-order chi connectivity index (χ0) is 20.8. The van der Waals surface area contributed by atoms with Gasteiger partial charge < -0.3 is 20.1 Å². The van der Waals surface area contributed by atoms with E-state index in [-0.39, 0.29) is 11.8 Å². The lowest BCUT2D eigenvalue weighted by Crippen LogP contribution is -2.30. The lowest BCUT2D eigenvalue weighted by Gasteiger charge is -2.20. The zero-order valence-electron chi connectivity index (χ0n) is 17.3. The molecule has 0 aromatic heterocycles. The molecule has 28 heavy (non-hydrogen) atoms. The molecule has 2 aromatic carbocycles. The van der Waals surface area contributed by atoms with E-state index >= 15 is 0 Å². The molecule has 2 aromatic rings. The minimum Gasteiger partial charge on any atom is -0.493 e. The van der Waals surface area contributed by atoms with Crippen LogP contribution in [0.1, 0.15) is 50.7 Å². The van der Waals surface area contributed by atoms with Crippen LogP contribution in [0.3, 0.4) is 0 Å². The average molecular weight is 384 g/mol. The number of benzene rings is 2. The number of para-hydroxylation sites is 1. The molecule has 0 aliphatic rings. The summed E-state index contributed by atoms with van der Waals surface area (Å²) in [6, 6.07) is 10.8. The Morgan fingerprint density at radius 2 is 1.32 bits per heavy atom. The zero-order valence-corrected chi connectivity index (χ0v) is 17.3. The summed E-state index contributed by atoms with van der Waals surface area (Å²) >= 11 is 0. The van der Waals surface area contributed by atoms with E-state index < -0.39 is 11.8 Å². The van der Waals surface area contributed by atoms with E-state index in [9.17, 15) is 9.59 Å².